The number of nitrogens with zero attached hydrogens (tertiary/aromatic N) is 1. The number of hydrogen-bond acceptors (Lipinski definition) is 3. The second kappa shape index (κ2) is 4.27. The molecular formula is C11H18ClN3. The molecule has 0 aliphatic rings. The van der Waals surface area contributed by atoms with Gasteiger partial charge in [-0.05, 0) is 24.5 Å². The molecule has 0 spiro atoms. The number of rotatable bonds is 2. The van der Waals surface area contributed by atoms with Crippen molar-refractivity contribution in [1.29, 1.82) is 0 Å². The van der Waals surface area contributed by atoms with E-state index in [4.69, 9.17) is 17.3 Å². The molecule has 15 heavy (non-hydrogen) atoms. The van der Waals surface area contributed by atoms with Gasteiger partial charge in [-0.15, -0.1) is 0 Å². The van der Waals surface area contributed by atoms with Crippen molar-refractivity contribution in [3.8, 4) is 0 Å². The maximum atomic E-state index is 5.81. The van der Waals surface area contributed by atoms with E-state index in [0.717, 1.165) is 0 Å². The lowest BCUT2D eigenvalue weighted by Crippen LogP contribution is -2.31. The first-order chi connectivity index (χ1) is 6.80. The van der Waals surface area contributed by atoms with E-state index in [2.05, 4.69) is 38.0 Å². The molecule has 0 aliphatic carbocycles. The lowest BCUT2D eigenvalue weighted by molar-refractivity contribution is 0.359. The zero-order chi connectivity index (χ0) is 11.6. The fourth-order valence-electron chi connectivity index (χ4n) is 0.983. The molecule has 0 aromatic carbocycles. The third-order valence-corrected chi connectivity index (χ3v) is 2.76. The van der Waals surface area contributed by atoms with Crippen molar-refractivity contribution >= 4 is 23.1 Å². The third kappa shape index (κ3) is 3.27. The van der Waals surface area contributed by atoms with Gasteiger partial charge in [0.15, 0.2) is 5.82 Å². The van der Waals surface area contributed by atoms with E-state index in [1.165, 1.54) is 0 Å². The number of nitrogens with one attached hydrogen (secondary N) is 1. The highest BCUT2D eigenvalue weighted by atomic mass is 35.5. The van der Waals surface area contributed by atoms with Crippen LogP contribution in [0.2, 0.25) is 5.15 Å². The van der Waals surface area contributed by atoms with Crippen molar-refractivity contribution < 1.29 is 0 Å². The van der Waals surface area contributed by atoms with Gasteiger partial charge < -0.3 is 11.1 Å². The minimum atomic E-state index is 0.149. The number of aromatic nitrogens is 1. The molecular weight excluding hydrogens is 210 g/mol. The molecule has 0 saturated heterocycles. The Morgan fingerprint density at radius 3 is 2.53 bits per heavy atom. The van der Waals surface area contributed by atoms with Crippen LogP contribution in [0.15, 0.2) is 12.1 Å². The lowest BCUT2D eigenvalue weighted by Gasteiger charge is -2.28. The van der Waals surface area contributed by atoms with Crippen molar-refractivity contribution in [2.75, 3.05) is 11.1 Å². The van der Waals surface area contributed by atoms with E-state index in [1.54, 1.807) is 12.1 Å². The summed E-state index contributed by atoms with van der Waals surface area (Å²) in [4.78, 5) is 4.16. The summed E-state index contributed by atoms with van der Waals surface area (Å²) in [5, 5.41) is 3.72. The topological polar surface area (TPSA) is 50.9 Å². The Hall–Kier alpha value is -0.960. The van der Waals surface area contributed by atoms with Crippen LogP contribution in [-0.4, -0.2) is 11.0 Å². The van der Waals surface area contributed by atoms with Crippen LogP contribution in [0.4, 0.5) is 11.5 Å². The number of nitrogens with two attached hydrogens (primary N) is 1. The molecule has 84 valence electrons. The summed E-state index contributed by atoms with van der Waals surface area (Å²) >= 11 is 5.81. The number of hydrogen-bond donors (Lipinski definition) is 2. The Labute approximate surface area is 96.0 Å². The van der Waals surface area contributed by atoms with Gasteiger partial charge >= 0.3 is 0 Å². The van der Waals surface area contributed by atoms with Crippen molar-refractivity contribution in [1.82, 2.24) is 4.98 Å². The Bertz CT molecular complexity index is 344. The maximum Gasteiger partial charge on any atom is 0.151 e. The minimum absolute atomic E-state index is 0.149. The molecule has 1 rings (SSSR count). The Kier molecular flexibility index (Phi) is 3.45. The second-order valence-electron chi connectivity index (χ2n) is 4.80. The monoisotopic (exact) mass is 227 g/mol. The van der Waals surface area contributed by atoms with Crippen molar-refractivity contribution in [3.05, 3.63) is 17.3 Å². The summed E-state index contributed by atoms with van der Waals surface area (Å²) in [6.45, 7) is 8.57. The van der Waals surface area contributed by atoms with E-state index >= 15 is 0 Å². The number of nitrogen functional groups attached to an aromatic ring is 1. The summed E-state index contributed by atoms with van der Waals surface area (Å²) in [7, 11) is 0. The van der Waals surface area contributed by atoms with Crippen LogP contribution in [0.1, 0.15) is 27.7 Å². The second-order valence-corrected chi connectivity index (χ2v) is 5.19. The predicted octanol–water partition coefficient (Wildman–Crippen LogP) is 3.16. The fraction of sp³-hybridized carbons (Fsp3) is 0.545. The molecule has 3 nitrogen and oxygen atoms in total. The van der Waals surface area contributed by atoms with E-state index in [0.29, 0.717) is 16.7 Å². The molecule has 3 N–H and O–H groups in total. The van der Waals surface area contributed by atoms with E-state index in [9.17, 15) is 0 Å². The SMILES string of the molecule is CC(Nc1nc(Cl)ccc1N)C(C)(C)C. The van der Waals surface area contributed by atoms with E-state index < -0.39 is 0 Å². The molecule has 1 atom stereocenters. The van der Waals surface area contributed by atoms with E-state index in [1.807, 2.05) is 0 Å². The third-order valence-electron chi connectivity index (χ3n) is 2.54. The Balaban J connectivity index is 2.85. The molecule has 0 saturated carbocycles. The van der Waals surface area contributed by atoms with Gasteiger partial charge in [0, 0.05) is 6.04 Å². The van der Waals surface area contributed by atoms with Gasteiger partial charge in [-0.2, -0.15) is 0 Å². The predicted molar refractivity (Wildman–Crippen MR) is 66.2 cm³/mol. The average molecular weight is 228 g/mol. The molecule has 0 radical (unpaired) electrons. The van der Waals surface area contributed by atoms with Crippen LogP contribution in [0.25, 0.3) is 0 Å². The van der Waals surface area contributed by atoms with Gasteiger partial charge in [-0.25, -0.2) is 4.98 Å². The number of pyridine rings is 1. The Morgan fingerprint density at radius 2 is 2.00 bits per heavy atom. The van der Waals surface area contributed by atoms with Gasteiger partial charge in [-0.3, -0.25) is 0 Å². The normalized spacial score (nSPS) is 13.7. The molecule has 0 amide bonds. The smallest absolute Gasteiger partial charge is 0.151 e. The maximum absolute atomic E-state index is 5.81. The van der Waals surface area contributed by atoms with Crippen molar-refractivity contribution in [3.63, 3.8) is 0 Å². The van der Waals surface area contributed by atoms with Crippen LogP contribution in [0, 0.1) is 5.41 Å². The first kappa shape index (κ1) is 12.1. The van der Waals surface area contributed by atoms with Crippen LogP contribution in [0.5, 0.6) is 0 Å². The highest BCUT2D eigenvalue weighted by molar-refractivity contribution is 6.29. The minimum Gasteiger partial charge on any atom is -0.396 e. The van der Waals surface area contributed by atoms with Crippen LogP contribution >= 0.6 is 11.6 Å². The summed E-state index contributed by atoms with van der Waals surface area (Å²) < 4.78 is 0. The molecule has 4 heteroatoms. The van der Waals surface area contributed by atoms with Gasteiger partial charge in [0.05, 0.1) is 5.69 Å². The molecule has 1 aromatic rings. The van der Waals surface area contributed by atoms with Gasteiger partial charge in [-0.1, -0.05) is 32.4 Å². The van der Waals surface area contributed by atoms with Crippen molar-refractivity contribution in [2.24, 2.45) is 5.41 Å². The summed E-state index contributed by atoms with van der Waals surface area (Å²) in [6.07, 6.45) is 0. The molecule has 1 heterocycles. The van der Waals surface area contributed by atoms with Crippen molar-refractivity contribution in [2.45, 2.75) is 33.7 Å². The highest BCUT2D eigenvalue weighted by Crippen LogP contribution is 2.25. The largest absolute Gasteiger partial charge is 0.396 e. The number of halogens is 1. The van der Waals surface area contributed by atoms with Gasteiger partial charge in [0.2, 0.25) is 0 Å². The fourth-order valence-corrected chi connectivity index (χ4v) is 1.13. The quantitative estimate of drug-likeness (QED) is 0.764. The van der Waals surface area contributed by atoms with Gasteiger partial charge in [0.25, 0.3) is 0 Å². The Morgan fingerprint density at radius 1 is 1.40 bits per heavy atom. The average Bonchev–Trinajstić information content (AvgIpc) is 2.09. The molecule has 1 aromatic heterocycles. The first-order valence-corrected chi connectivity index (χ1v) is 5.37. The molecule has 0 aliphatic heterocycles. The summed E-state index contributed by atoms with van der Waals surface area (Å²) in [5.74, 6) is 0.657. The summed E-state index contributed by atoms with van der Waals surface area (Å²) in [5.41, 5.74) is 6.57. The van der Waals surface area contributed by atoms with Crippen LogP contribution in [0.3, 0.4) is 0 Å². The summed E-state index contributed by atoms with van der Waals surface area (Å²) in [6, 6.07) is 3.71. The van der Waals surface area contributed by atoms with Gasteiger partial charge in [0.1, 0.15) is 5.15 Å². The molecule has 0 fully saturated rings. The standard InChI is InChI=1S/C11H18ClN3/c1-7(11(2,3)4)14-10-8(13)5-6-9(12)15-10/h5-7H,13H2,1-4H3,(H,14,15). The van der Waals surface area contributed by atoms with Crippen LogP contribution in [-0.2, 0) is 0 Å². The zero-order valence-electron chi connectivity index (χ0n) is 9.63. The first-order valence-electron chi connectivity index (χ1n) is 4.99. The lowest BCUT2D eigenvalue weighted by atomic mass is 9.88. The zero-order valence-corrected chi connectivity index (χ0v) is 10.4. The van der Waals surface area contributed by atoms with E-state index in [-0.39, 0.29) is 11.5 Å². The number of anilines is 2. The van der Waals surface area contributed by atoms with Crippen LogP contribution < -0.4 is 11.1 Å². The molecule has 1 unspecified atom stereocenters. The molecule has 0 bridgehead atoms. The highest BCUT2D eigenvalue weighted by Gasteiger charge is 2.20.